The van der Waals surface area contributed by atoms with Crippen LogP contribution in [0.15, 0.2) is 59.9 Å². The van der Waals surface area contributed by atoms with Gasteiger partial charge >= 0.3 is 12.1 Å². The first-order chi connectivity index (χ1) is 17.2. The summed E-state index contributed by atoms with van der Waals surface area (Å²) < 4.78 is 86.5. The number of carboxylic acid groups (broad SMARTS) is 1. The van der Waals surface area contributed by atoms with Gasteiger partial charge in [0, 0.05) is 48.2 Å². The Morgan fingerprint density at radius 3 is 2.14 bits per heavy atom. The molecule has 37 heavy (non-hydrogen) atoms. The molecule has 0 spiro atoms. The molecule has 1 aliphatic rings. The zero-order chi connectivity index (χ0) is 27.4. The van der Waals surface area contributed by atoms with Gasteiger partial charge in [0.05, 0.1) is 17.1 Å². The van der Waals surface area contributed by atoms with Crippen LogP contribution in [-0.2, 0) is 14.8 Å². The smallest absolute Gasteiger partial charge is 0.475 e. The van der Waals surface area contributed by atoms with Crippen molar-refractivity contribution in [2.24, 2.45) is 0 Å². The number of halogens is 5. The maximum absolute atomic E-state index is 13.8. The van der Waals surface area contributed by atoms with E-state index in [1.807, 2.05) is 0 Å². The molecule has 4 rings (SSSR count). The summed E-state index contributed by atoms with van der Waals surface area (Å²) in [6, 6.07) is 9.77. The lowest BCUT2D eigenvalue weighted by Crippen LogP contribution is -2.45. The fourth-order valence-electron chi connectivity index (χ4n) is 3.40. The van der Waals surface area contributed by atoms with Gasteiger partial charge < -0.3 is 10.8 Å². The Labute approximate surface area is 207 Å². The lowest BCUT2D eigenvalue weighted by atomic mass is 10.1. The van der Waals surface area contributed by atoms with E-state index in [2.05, 4.69) is 15.0 Å². The number of nitrogens with two attached hydrogens (primary N) is 1. The van der Waals surface area contributed by atoms with Crippen molar-refractivity contribution in [2.45, 2.75) is 29.8 Å². The SMILES string of the molecule is Nc1ncc(-c2ccc(-c3ccccc3S(=O)(=O)N3CCCC(F)(F)C3)cn2)cn1.O=C(O)C(F)(F)F. The van der Waals surface area contributed by atoms with Gasteiger partial charge in [0.2, 0.25) is 16.0 Å². The van der Waals surface area contributed by atoms with Gasteiger partial charge in [0.15, 0.2) is 0 Å². The van der Waals surface area contributed by atoms with Crippen LogP contribution < -0.4 is 5.73 Å². The Hall–Kier alpha value is -3.72. The van der Waals surface area contributed by atoms with E-state index in [1.54, 1.807) is 42.7 Å². The predicted octanol–water partition coefficient (Wildman–Crippen LogP) is 3.84. The Morgan fingerprint density at radius 2 is 1.59 bits per heavy atom. The van der Waals surface area contributed by atoms with E-state index in [1.165, 1.54) is 12.3 Å². The molecular formula is C22H20F5N5O4S. The van der Waals surface area contributed by atoms with Gasteiger partial charge in [0.25, 0.3) is 5.92 Å². The molecule has 0 aliphatic carbocycles. The summed E-state index contributed by atoms with van der Waals surface area (Å²) in [6.45, 7) is -0.738. The fourth-order valence-corrected chi connectivity index (χ4v) is 5.12. The molecule has 2 aromatic heterocycles. The van der Waals surface area contributed by atoms with Gasteiger partial charge in [-0.3, -0.25) is 4.98 Å². The maximum Gasteiger partial charge on any atom is 0.490 e. The minimum atomic E-state index is -5.08. The summed E-state index contributed by atoms with van der Waals surface area (Å²) in [5, 5.41) is 7.12. The molecule has 0 amide bonds. The fraction of sp³-hybridized carbons (Fsp3) is 0.273. The van der Waals surface area contributed by atoms with E-state index in [-0.39, 0.29) is 30.2 Å². The number of carbonyl (C=O) groups is 1. The minimum absolute atomic E-state index is 0.0203. The molecule has 3 heterocycles. The Morgan fingerprint density at radius 1 is 1.00 bits per heavy atom. The van der Waals surface area contributed by atoms with Crippen molar-refractivity contribution < 1.29 is 40.3 Å². The van der Waals surface area contributed by atoms with Crippen molar-refractivity contribution in [3.63, 3.8) is 0 Å². The standard InChI is InChI=1S/C20H19F2N5O2S.C2HF3O2/c21-20(22)8-3-9-27(13-20)30(28,29)18-5-2-1-4-16(18)14-6-7-17(24-10-14)15-11-25-19(23)26-12-15;3-2(4,5)1(6)7/h1-2,4-7,10-12H,3,8-9,13H2,(H2,23,25,26);(H,6,7). The Balaban J connectivity index is 0.000000479. The summed E-state index contributed by atoms with van der Waals surface area (Å²) in [6.07, 6.45) is -0.654. The highest BCUT2D eigenvalue weighted by Crippen LogP contribution is 2.34. The van der Waals surface area contributed by atoms with Crippen LogP contribution in [0.2, 0.25) is 0 Å². The average Bonchev–Trinajstić information content (AvgIpc) is 2.84. The Kier molecular flexibility index (Phi) is 8.07. The van der Waals surface area contributed by atoms with Crippen LogP contribution in [0.1, 0.15) is 12.8 Å². The van der Waals surface area contributed by atoms with Crippen LogP contribution in [0.5, 0.6) is 0 Å². The summed E-state index contributed by atoms with van der Waals surface area (Å²) in [7, 11) is -4.09. The summed E-state index contributed by atoms with van der Waals surface area (Å²) in [5.74, 6) is -5.63. The first-order valence-corrected chi connectivity index (χ1v) is 12.0. The van der Waals surface area contributed by atoms with Crippen molar-refractivity contribution in [1.29, 1.82) is 0 Å². The molecule has 0 saturated carbocycles. The highest BCUT2D eigenvalue weighted by Gasteiger charge is 2.41. The molecule has 9 nitrogen and oxygen atoms in total. The number of carboxylic acids is 1. The van der Waals surface area contributed by atoms with Gasteiger partial charge in [-0.15, -0.1) is 0 Å². The van der Waals surface area contributed by atoms with Gasteiger partial charge in [0.1, 0.15) is 0 Å². The Bertz CT molecular complexity index is 1350. The third-order valence-electron chi connectivity index (χ3n) is 5.15. The van der Waals surface area contributed by atoms with Gasteiger partial charge in [-0.1, -0.05) is 24.3 Å². The number of rotatable bonds is 4. The minimum Gasteiger partial charge on any atom is -0.475 e. The number of piperidine rings is 1. The maximum atomic E-state index is 13.8. The first-order valence-electron chi connectivity index (χ1n) is 10.5. The number of hydrogen-bond donors (Lipinski definition) is 2. The molecule has 1 aromatic carbocycles. The molecule has 1 saturated heterocycles. The second-order valence-corrected chi connectivity index (χ2v) is 9.77. The van der Waals surface area contributed by atoms with Gasteiger partial charge in [-0.25, -0.2) is 32.0 Å². The number of alkyl halides is 5. The van der Waals surface area contributed by atoms with Crippen molar-refractivity contribution in [3.8, 4) is 22.4 Å². The van der Waals surface area contributed by atoms with Crippen molar-refractivity contribution in [1.82, 2.24) is 19.3 Å². The largest absolute Gasteiger partial charge is 0.490 e. The van der Waals surface area contributed by atoms with E-state index < -0.39 is 34.6 Å². The summed E-state index contributed by atoms with van der Waals surface area (Å²) in [5.41, 5.74) is 7.70. The summed E-state index contributed by atoms with van der Waals surface area (Å²) in [4.78, 5) is 21.1. The van der Waals surface area contributed by atoms with E-state index in [4.69, 9.17) is 15.6 Å². The zero-order valence-corrected chi connectivity index (χ0v) is 19.7. The number of sulfonamides is 1. The molecule has 1 aliphatic heterocycles. The molecule has 0 radical (unpaired) electrons. The monoisotopic (exact) mass is 545 g/mol. The molecule has 0 atom stereocenters. The number of aliphatic carboxylic acids is 1. The second-order valence-electron chi connectivity index (χ2n) is 7.86. The molecule has 0 unspecified atom stereocenters. The third kappa shape index (κ3) is 6.95. The van der Waals surface area contributed by atoms with Gasteiger partial charge in [-0.05, 0) is 18.6 Å². The second kappa shape index (κ2) is 10.7. The molecule has 3 N–H and O–H groups in total. The number of nitrogen functional groups attached to an aromatic ring is 1. The van der Waals surface area contributed by atoms with Crippen LogP contribution in [0, 0.1) is 0 Å². The molecule has 198 valence electrons. The number of nitrogens with zero attached hydrogens (tertiary/aromatic N) is 4. The van der Waals surface area contributed by atoms with Crippen LogP contribution >= 0.6 is 0 Å². The number of anilines is 1. The van der Waals surface area contributed by atoms with E-state index >= 15 is 0 Å². The molecule has 1 fully saturated rings. The third-order valence-corrected chi connectivity index (χ3v) is 7.05. The number of hydrogen-bond acceptors (Lipinski definition) is 7. The molecular weight excluding hydrogens is 525 g/mol. The van der Waals surface area contributed by atoms with E-state index in [0.29, 0.717) is 22.4 Å². The predicted molar refractivity (Wildman–Crippen MR) is 122 cm³/mol. The highest BCUT2D eigenvalue weighted by molar-refractivity contribution is 7.89. The molecule has 3 aromatic rings. The zero-order valence-electron chi connectivity index (χ0n) is 18.9. The van der Waals surface area contributed by atoms with E-state index in [0.717, 1.165) is 4.31 Å². The van der Waals surface area contributed by atoms with Crippen LogP contribution in [0.25, 0.3) is 22.4 Å². The highest BCUT2D eigenvalue weighted by atomic mass is 32.2. The van der Waals surface area contributed by atoms with Crippen molar-refractivity contribution in [2.75, 3.05) is 18.8 Å². The van der Waals surface area contributed by atoms with E-state index in [9.17, 15) is 30.4 Å². The lowest BCUT2D eigenvalue weighted by molar-refractivity contribution is -0.192. The van der Waals surface area contributed by atoms with Crippen LogP contribution in [-0.4, -0.2) is 63.9 Å². The lowest BCUT2D eigenvalue weighted by Gasteiger charge is -2.32. The van der Waals surface area contributed by atoms with Crippen LogP contribution in [0.4, 0.5) is 27.9 Å². The number of pyridine rings is 1. The topological polar surface area (TPSA) is 139 Å². The quantitative estimate of drug-likeness (QED) is 0.472. The van der Waals surface area contributed by atoms with Crippen molar-refractivity contribution in [3.05, 3.63) is 55.0 Å². The molecule has 15 heteroatoms. The number of benzene rings is 1. The molecule has 0 bridgehead atoms. The normalized spacial score (nSPS) is 15.9. The van der Waals surface area contributed by atoms with Crippen molar-refractivity contribution >= 4 is 21.9 Å². The first kappa shape index (κ1) is 27.9. The number of aromatic nitrogens is 3. The van der Waals surface area contributed by atoms with Crippen LogP contribution in [0.3, 0.4) is 0 Å². The average molecular weight is 545 g/mol. The van der Waals surface area contributed by atoms with Gasteiger partial charge in [-0.2, -0.15) is 17.5 Å². The summed E-state index contributed by atoms with van der Waals surface area (Å²) >= 11 is 0.